The Morgan fingerprint density at radius 3 is 2.88 bits per heavy atom. The van der Waals surface area contributed by atoms with Gasteiger partial charge in [0.2, 0.25) is 0 Å². The quantitative estimate of drug-likeness (QED) is 0.825. The molecule has 1 aliphatic carbocycles. The summed E-state index contributed by atoms with van der Waals surface area (Å²) in [5.74, 6) is -0.134. The molecule has 1 atom stereocenters. The van der Waals surface area contributed by atoms with Crippen LogP contribution >= 0.6 is 15.9 Å². The minimum atomic E-state index is -0.134. The van der Waals surface area contributed by atoms with Crippen LogP contribution in [0.2, 0.25) is 0 Å². The highest BCUT2D eigenvalue weighted by Gasteiger charge is 2.12. The lowest BCUT2D eigenvalue weighted by molar-refractivity contribution is 0.575. The van der Waals surface area contributed by atoms with E-state index in [2.05, 4.69) is 22.0 Å². The van der Waals surface area contributed by atoms with E-state index >= 15 is 0 Å². The van der Waals surface area contributed by atoms with E-state index in [9.17, 15) is 4.39 Å². The molecule has 1 aromatic rings. The molecule has 0 radical (unpaired) electrons. The van der Waals surface area contributed by atoms with Crippen molar-refractivity contribution < 1.29 is 4.39 Å². The lowest BCUT2D eigenvalue weighted by Gasteiger charge is -2.18. The van der Waals surface area contributed by atoms with Gasteiger partial charge in [-0.25, -0.2) is 4.39 Å². The van der Waals surface area contributed by atoms with Crippen LogP contribution in [-0.4, -0.2) is 6.04 Å². The van der Waals surface area contributed by atoms with Gasteiger partial charge in [-0.05, 0) is 43.4 Å². The molecule has 1 aromatic carbocycles. The van der Waals surface area contributed by atoms with E-state index < -0.39 is 0 Å². The SMILES string of the molecule is NC1CC=C(Cc2ccc(Br)cc2F)CC1. The first-order chi connectivity index (χ1) is 7.65. The largest absolute Gasteiger partial charge is 0.327 e. The molecular weight excluding hydrogens is 269 g/mol. The van der Waals surface area contributed by atoms with Gasteiger partial charge in [0.15, 0.2) is 0 Å². The second-order valence-corrected chi connectivity index (χ2v) is 5.23. The van der Waals surface area contributed by atoms with E-state index in [1.165, 1.54) is 11.6 Å². The van der Waals surface area contributed by atoms with Crippen molar-refractivity contribution in [3.8, 4) is 0 Å². The first-order valence-corrected chi connectivity index (χ1v) is 6.32. The van der Waals surface area contributed by atoms with E-state index in [-0.39, 0.29) is 5.82 Å². The minimum Gasteiger partial charge on any atom is -0.327 e. The van der Waals surface area contributed by atoms with E-state index in [4.69, 9.17) is 5.73 Å². The number of benzene rings is 1. The molecule has 0 aromatic heterocycles. The summed E-state index contributed by atoms with van der Waals surface area (Å²) in [6.45, 7) is 0. The number of halogens is 2. The number of hydrogen-bond donors (Lipinski definition) is 1. The molecule has 0 fully saturated rings. The van der Waals surface area contributed by atoms with Crippen LogP contribution in [0.3, 0.4) is 0 Å². The predicted octanol–water partition coefficient (Wildman–Crippen LogP) is 3.57. The molecule has 2 N–H and O–H groups in total. The average molecular weight is 284 g/mol. The fourth-order valence-corrected chi connectivity index (χ4v) is 2.31. The highest BCUT2D eigenvalue weighted by atomic mass is 79.9. The Morgan fingerprint density at radius 1 is 1.44 bits per heavy atom. The lowest BCUT2D eigenvalue weighted by atomic mass is 9.91. The van der Waals surface area contributed by atoms with Gasteiger partial charge in [0, 0.05) is 10.5 Å². The van der Waals surface area contributed by atoms with E-state index in [1.807, 2.05) is 12.1 Å². The smallest absolute Gasteiger partial charge is 0.127 e. The summed E-state index contributed by atoms with van der Waals surface area (Å²) in [7, 11) is 0. The molecule has 0 aliphatic heterocycles. The van der Waals surface area contributed by atoms with Crippen molar-refractivity contribution in [1.82, 2.24) is 0 Å². The van der Waals surface area contributed by atoms with Crippen molar-refractivity contribution in [2.24, 2.45) is 5.73 Å². The van der Waals surface area contributed by atoms with Gasteiger partial charge in [-0.3, -0.25) is 0 Å². The number of allylic oxidation sites excluding steroid dienone is 1. The first kappa shape index (κ1) is 11.8. The number of rotatable bonds is 2. The molecule has 2 rings (SSSR count). The van der Waals surface area contributed by atoms with Crippen molar-refractivity contribution in [2.45, 2.75) is 31.7 Å². The van der Waals surface area contributed by atoms with Crippen LogP contribution in [0, 0.1) is 5.82 Å². The molecule has 1 nitrogen and oxygen atoms in total. The van der Waals surface area contributed by atoms with Crippen LogP contribution in [0.1, 0.15) is 24.8 Å². The molecule has 0 bridgehead atoms. The Bertz CT molecular complexity index is 414. The van der Waals surface area contributed by atoms with E-state index in [0.717, 1.165) is 29.3 Å². The molecule has 16 heavy (non-hydrogen) atoms. The second kappa shape index (κ2) is 5.11. The molecule has 0 spiro atoms. The van der Waals surface area contributed by atoms with Crippen molar-refractivity contribution in [3.63, 3.8) is 0 Å². The lowest BCUT2D eigenvalue weighted by Crippen LogP contribution is -2.22. The maximum absolute atomic E-state index is 13.6. The molecule has 0 heterocycles. The van der Waals surface area contributed by atoms with Gasteiger partial charge in [-0.15, -0.1) is 0 Å². The summed E-state index contributed by atoms with van der Waals surface area (Å²) in [4.78, 5) is 0. The van der Waals surface area contributed by atoms with Crippen molar-refractivity contribution in [3.05, 3.63) is 45.7 Å². The summed E-state index contributed by atoms with van der Waals surface area (Å²) < 4.78 is 14.4. The number of nitrogens with two attached hydrogens (primary N) is 1. The molecule has 0 saturated carbocycles. The van der Waals surface area contributed by atoms with Crippen molar-refractivity contribution >= 4 is 15.9 Å². The van der Waals surface area contributed by atoms with Crippen molar-refractivity contribution in [2.75, 3.05) is 0 Å². The fourth-order valence-electron chi connectivity index (χ4n) is 1.98. The zero-order chi connectivity index (χ0) is 11.5. The molecular formula is C13H15BrFN. The molecule has 86 valence electrons. The molecule has 1 unspecified atom stereocenters. The standard InChI is InChI=1S/C13H15BrFN/c14-11-4-3-10(13(15)8-11)7-9-1-5-12(16)6-2-9/h1,3-4,8,12H,2,5-7,16H2. The van der Waals surface area contributed by atoms with E-state index in [0.29, 0.717) is 12.5 Å². The Kier molecular flexibility index (Phi) is 3.77. The van der Waals surface area contributed by atoms with Crippen molar-refractivity contribution in [1.29, 1.82) is 0 Å². The third-order valence-corrected chi connectivity index (χ3v) is 3.47. The third kappa shape index (κ3) is 2.92. The monoisotopic (exact) mass is 283 g/mol. The predicted molar refractivity (Wildman–Crippen MR) is 67.7 cm³/mol. The zero-order valence-electron chi connectivity index (χ0n) is 9.05. The molecule has 0 amide bonds. The van der Waals surface area contributed by atoms with Gasteiger partial charge < -0.3 is 5.73 Å². The van der Waals surface area contributed by atoms with Crippen LogP contribution in [0.25, 0.3) is 0 Å². The summed E-state index contributed by atoms with van der Waals surface area (Å²) in [5.41, 5.74) is 7.89. The summed E-state index contributed by atoms with van der Waals surface area (Å²) >= 11 is 3.26. The first-order valence-electron chi connectivity index (χ1n) is 5.52. The van der Waals surface area contributed by atoms with Crippen LogP contribution in [-0.2, 0) is 6.42 Å². The van der Waals surface area contributed by atoms with Gasteiger partial charge >= 0.3 is 0 Å². The summed E-state index contributed by atoms with van der Waals surface area (Å²) in [6, 6.07) is 5.53. The zero-order valence-corrected chi connectivity index (χ0v) is 10.6. The van der Waals surface area contributed by atoms with Gasteiger partial charge in [-0.2, -0.15) is 0 Å². The van der Waals surface area contributed by atoms with Gasteiger partial charge in [-0.1, -0.05) is 33.6 Å². The average Bonchev–Trinajstić information content (AvgIpc) is 2.25. The molecule has 1 aliphatic rings. The van der Waals surface area contributed by atoms with Crippen LogP contribution in [0.15, 0.2) is 34.3 Å². The van der Waals surface area contributed by atoms with Gasteiger partial charge in [0.05, 0.1) is 0 Å². The summed E-state index contributed by atoms with van der Waals surface area (Å²) in [5, 5.41) is 0. The Labute approximate surface area is 104 Å². The van der Waals surface area contributed by atoms with E-state index in [1.54, 1.807) is 0 Å². The van der Waals surface area contributed by atoms with Gasteiger partial charge in [0.1, 0.15) is 5.82 Å². The van der Waals surface area contributed by atoms with Crippen LogP contribution < -0.4 is 5.73 Å². The minimum absolute atomic E-state index is 0.134. The highest BCUT2D eigenvalue weighted by Crippen LogP contribution is 2.23. The Hall–Kier alpha value is -0.670. The maximum atomic E-state index is 13.6. The topological polar surface area (TPSA) is 26.0 Å². The number of hydrogen-bond acceptors (Lipinski definition) is 1. The molecule has 0 saturated heterocycles. The Balaban J connectivity index is 2.09. The van der Waals surface area contributed by atoms with Crippen LogP contribution in [0.5, 0.6) is 0 Å². The van der Waals surface area contributed by atoms with Gasteiger partial charge in [0.25, 0.3) is 0 Å². The molecule has 3 heteroatoms. The third-order valence-electron chi connectivity index (χ3n) is 2.98. The fraction of sp³-hybridized carbons (Fsp3) is 0.385. The second-order valence-electron chi connectivity index (χ2n) is 4.31. The Morgan fingerprint density at radius 2 is 2.25 bits per heavy atom. The van der Waals surface area contributed by atoms with Crippen LogP contribution in [0.4, 0.5) is 4.39 Å². The normalized spacial score (nSPS) is 20.7. The highest BCUT2D eigenvalue weighted by molar-refractivity contribution is 9.10. The summed E-state index contributed by atoms with van der Waals surface area (Å²) in [6.07, 6.45) is 5.82. The maximum Gasteiger partial charge on any atom is 0.127 e.